The minimum absolute atomic E-state index is 0.122. The largest absolute Gasteiger partial charge is 0.476 e. The van der Waals surface area contributed by atoms with Crippen LogP contribution in [0.2, 0.25) is 0 Å². The van der Waals surface area contributed by atoms with Crippen LogP contribution in [-0.2, 0) is 19.3 Å². The summed E-state index contributed by atoms with van der Waals surface area (Å²) < 4.78 is 6.01. The van der Waals surface area contributed by atoms with Crippen LogP contribution in [0.15, 0.2) is 41.3 Å². The highest BCUT2D eigenvalue weighted by molar-refractivity contribution is 8.00. The van der Waals surface area contributed by atoms with Gasteiger partial charge in [-0.05, 0) is 86.8 Å². The molecule has 2 aromatic rings. The molecule has 2 heterocycles. The van der Waals surface area contributed by atoms with Gasteiger partial charge in [-0.1, -0.05) is 49.9 Å². The van der Waals surface area contributed by atoms with Gasteiger partial charge in [-0.15, -0.1) is 0 Å². The molecule has 0 aliphatic carbocycles. The van der Waals surface area contributed by atoms with Crippen molar-refractivity contribution in [1.82, 2.24) is 4.90 Å². The second-order valence-corrected chi connectivity index (χ2v) is 10.7. The number of ether oxygens (including phenoxy) is 1. The first-order chi connectivity index (χ1) is 14.4. The third kappa shape index (κ3) is 4.42. The van der Waals surface area contributed by atoms with Crippen LogP contribution in [0, 0.1) is 0 Å². The summed E-state index contributed by atoms with van der Waals surface area (Å²) in [7, 11) is 0. The van der Waals surface area contributed by atoms with Gasteiger partial charge in [-0.2, -0.15) is 0 Å². The van der Waals surface area contributed by atoms with E-state index in [-0.39, 0.29) is 11.7 Å². The first-order valence-electron chi connectivity index (χ1n) is 11.4. The van der Waals surface area contributed by atoms with Crippen LogP contribution in [0.3, 0.4) is 0 Å². The predicted molar refractivity (Wildman–Crippen MR) is 125 cm³/mol. The number of fused-ring (bicyclic) bond motifs is 1. The van der Waals surface area contributed by atoms with Gasteiger partial charge in [0.25, 0.3) is 0 Å². The fourth-order valence-electron chi connectivity index (χ4n) is 5.11. The highest BCUT2D eigenvalue weighted by Crippen LogP contribution is 2.49. The molecule has 2 aliphatic rings. The number of benzene rings is 2. The zero-order valence-corrected chi connectivity index (χ0v) is 19.6. The molecule has 0 aromatic heterocycles. The number of aliphatic hydroxyl groups is 1. The van der Waals surface area contributed by atoms with Crippen LogP contribution in [0.1, 0.15) is 75.3 Å². The summed E-state index contributed by atoms with van der Waals surface area (Å²) in [5, 5.41) is 10.2. The van der Waals surface area contributed by atoms with Gasteiger partial charge < -0.3 is 9.84 Å². The molecule has 4 heteroatoms. The highest BCUT2D eigenvalue weighted by atomic mass is 32.2. The maximum absolute atomic E-state index is 10.2. The maximum Gasteiger partial charge on any atom is 0.153 e. The molecule has 0 amide bonds. The molecule has 2 aromatic carbocycles. The van der Waals surface area contributed by atoms with Crippen LogP contribution in [-0.4, -0.2) is 27.7 Å². The van der Waals surface area contributed by atoms with Crippen molar-refractivity contribution in [3.05, 3.63) is 58.7 Å². The Morgan fingerprint density at radius 2 is 1.87 bits per heavy atom. The number of likely N-dealkylation sites (tertiary alicyclic amines) is 1. The van der Waals surface area contributed by atoms with E-state index in [4.69, 9.17) is 4.74 Å². The molecule has 1 fully saturated rings. The van der Waals surface area contributed by atoms with Gasteiger partial charge in [0.15, 0.2) is 4.93 Å². The first kappa shape index (κ1) is 21.7. The minimum atomic E-state index is -0.194. The van der Waals surface area contributed by atoms with Crippen LogP contribution in [0.5, 0.6) is 5.75 Å². The molecule has 0 radical (unpaired) electrons. The topological polar surface area (TPSA) is 32.7 Å². The molecule has 4 rings (SSSR count). The average molecular weight is 426 g/mol. The summed E-state index contributed by atoms with van der Waals surface area (Å²) in [5.74, 6) is 0.987. The van der Waals surface area contributed by atoms with Crippen LogP contribution >= 0.6 is 11.8 Å². The summed E-state index contributed by atoms with van der Waals surface area (Å²) in [6.45, 7) is 8.82. The Balaban J connectivity index is 1.44. The van der Waals surface area contributed by atoms with Crippen molar-refractivity contribution in [3.8, 4) is 5.75 Å². The van der Waals surface area contributed by atoms with Gasteiger partial charge in [0, 0.05) is 12.1 Å². The fraction of sp³-hybridized carbons (Fsp3) is 0.538. The van der Waals surface area contributed by atoms with Crippen molar-refractivity contribution < 1.29 is 9.84 Å². The Kier molecular flexibility index (Phi) is 6.47. The van der Waals surface area contributed by atoms with Crippen molar-refractivity contribution in [2.45, 2.75) is 88.1 Å². The lowest BCUT2D eigenvalue weighted by atomic mass is 9.96. The van der Waals surface area contributed by atoms with E-state index >= 15 is 0 Å². The van der Waals surface area contributed by atoms with Crippen LogP contribution in [0.25, 0.3) is 0 Å². The summed E-state index contributed by atoms with van der Waals surface area (Å²) in [6, 6.07) is 14.3. The molecule has 0 spiro atoms. The Bertz CT molecular complexity index is 895. The fourth-order valence-corrected chi connectivity index (χ4v) is 6.17. The van der Waals surface area contributed by atoms with E-state index in [0.29, 0.717) is 12.1 Å². The van der Waals surface area contributed by atoms with Gasteiger partial charge in [-0.25, -0.2) is 0 Å². The Morgan fingerprint density at radius 1 is 1.07 bits per heavy atom. The van der Waals surface area contributed by atoms with E-state index < -0.39 is 0 Å². The predicted octanol–water partition coefficient (Wildman–Crippen LogP) is 6.12. The number of aliphatic hydroxyl groups excluding tert-OH is 1. The standard InChI is InChI=1S/C26H35NO2S/c1-5-19-9-7-18(15-20(19)6-2)8-11-22-12-13-23(27(22)17-28)21-10-14-24-25(16-21)30-26(3,4)29-24/h7,9-10,14-16,22-23,28H,5-6,8,11-13,17H2,1-4H3. The van der Waals surface area contributed by atoms with Crippen molar-refractivity contribution >= 4 is 11.8 Å². The van der Waals surface area contributed by atoms with Crippen molar-refractivity contribution in [3.63, 3.8) is 0 Å². The average Bonchev–Trinajstić information content (AvgIpc) is 3.29. The van der Waals surface area contributed by atoms with E-state index in [9.17, 15) is 5.11 Å². The molecule has 1 saturated heterocycles. The minimum Gasteiger partial charge on any atom is -0.476 e. The summed E-state index contributed by atoms with van der Waals surface area (Å²) in [5.41, 5.74) is 5.69. The normalized spacial score (nSPS) is 22.8. The monoisotopic (exact) mass is 425 g/mol. The van der Waals surface area contributed by atoms with E-state index in [1.807, 2.05) is 0 Å². The second-order valence-electron chi connectivity index (χ2n) is 9.06. The first-order valence-corrected chi connectivity index (χ1v) is 12.2. The SMILES string of the molecule is CCc1ccc(CCC2CCC(c3ccc4c(c3)SC(C)(C)O4)N2CO)cc1CC. The number of hydrogen-bond donors (Lipinski definition) is 1. The lowest BCUT2D eigenvalue weighted by Crippen LogP contribution is -2.32. The number of nitrogens with zero attached hydrogens (tertiary/aromatic N) is 1. The third-order valence-electron chi connectivity index (χ3n) is 6.67. The van der Waals surface area contributed by atoms with Gasteiger partial charge >= 0.3 is 0 Å². The summed E-state index contributed by atoms with van der Waals surface area (Å²) in [4.78, 5) is 3.33. The van der Waals surface area contributed by atoms with Gasteiger partial charge in [0.2, 0.25) is 0 Å². The third-order valence-corrected chi connectivity index (χ3v) is 7.78. The summed E-state index contributed by atoms with van der Waals surface area (Å²) >= 11 is 1.79. The van der Waals surface area contributed by atoms with Crippen molar-refractivity contribution in [2.75, 3.05) is 6.73 Å². The summed E-state index contributed by atoms with van der Waals surface area (Å²) in [6.07, 6.45) is 6.63. The van der Waals surface area contributed by atoms with Crippen molar-refractivity contribution in [2.24, 2.45) is 0 Å². The number of aryl methyl sites for hydroxylation is 3. The second kappa shape index (κ2) is 8.94. The molecule has 2 aliphatic heterocycles. The molecular formula is C26H35NO2S. The quantitative estimate of drug-likeness (QED) is 0.579. The van der Waals surface area contributed by atoms with Crippen LogP contribution in [0.4, 0.5) is 0 Å². The zero-order valence-electron chi connectivity index (χ0n) is 18.8. The van der Waals surface area contributed by atoms with Gasteiger partial charge in [-0.3, -0.25) is 4.90 Å². The van der Waals surface area contributed by atoms with Gasteiger partial charge in [0.1, 0.15) is 5.75 Å². The number of hydrogen-bond acceptors (Lipinski definition) is 4. The molecule has 162 valence electrons. The Labute approximate surface area is 185 Å². The molecular weight excluding hydrogens is 390 g/mol. The number of rotatable bonds is 7. The smallest absolute Gasteiger partial charge is 0.153 e. The van der Waals surface area contributed by atoms with E-state index in [1.165, 1.54) is 27.1 Å². The molecule has 3 nitrogen and oxygen atoms in total. The van der Waals surface area contributed by atoms with E-state index in [2.05, 4.69) is 69.0 Å². The molecule has 0 saturated carbocycles. The molecule has 1 N–H and O–H groups in total. The highest BCUT2D eigenvalue weighted by Gasteiger charge is 2.36. The molecule has 2 atom stereocenters. The Hall–Kier alpha value is -1.49. The maximum atomic E-state index is 10.2. The van der Waals surface area contributed by atoms with Gasteiger partial charge in [0.05, 0.1) is 11.6 Å². The van der Waals surface area contributed by atoms with E-state index in [0.717, 1.165) is 44.3 Å². The Morgan fingerprint density at radius 3 is 2.60 bits per heavy atom. The van der Waals surface area contributed by atoms with E-state index in [1.54, 1.807) is 11.8 Å². The molecule has 2 unspecified atom stereocenters. The van der Waals surface area contributed by atoms with Crippen molar-refractivity contribution in [1.29, 1.82) is 0 Å². The molecule has 0 bridgehead atoms. The number of thioether (sulfide) groups is 1. The lowest BCUT2D eigenvalue weighted by molar-refractivity contribution is 0.0596. The van der Waals surface area contributed by atoms with Crippen LogP contribution < -0.4 is 4.74 Å². The lowest BCUT2D eigenvalue weighted by Gasteiger charge is -2.28. The molecule has 30 heavy (non-hydrogen) atoms. The zero-order chi connectivity index (χ0) is 21.3.